The first-order valence-electron chi connectivity index (χ1n) is 10.5. The van der Waals surface area contributed by atoms with Crippen LogP contribution in [0.25, 0.3) is 5.65 Å². The molecule has 1 aliphatic carbocycles. The van der Waals surface area contributed by atoms with Crippen molar-refractivity contribution in [3.05, 3.63) is 23.1 Å². The second-order valence-electron chi connectivity index (χ2n) is 8.38. The third-order valence-corrected chi connectivity index (χ3v) is 6.45. The van der Waals surface area contributed by atoms with E-state index in [2.05, 4.69) is 26.5 Å². The predicted molar refractivity (Wildman–Crippen MR) is 102 cm³/mol. The fourth-order valence-electron chi connectivity index (χ4n) is 4.92. The Morgan fingerprint density at radius 1 is 1.04 bits per heavy atom. The molecule has 5 rings (SSSR count). The van der Waals surface area contributed by atoms with E-state index in [4.69, 9.17) is 5.10 Å². The monoisotopic (exact) mass is 368 g/mol. The van der Waals surface area contributed by atoms with E-state index in [0.29, 0.717) is 18.4 Å². The minimum atomic E-state index is 0.223. The highest BCUT2D eigenvalue weighted by Gasteiger charge is 2.28. The first-order valence-corrected chi connectivity index (χ1v) is 10.5. The number of aryl methyl sites for hydroxylation is 2. The van der Waals surface area contributed by atoms with Crippen LogP contribution < -0.4 is 5.32 Å². The molecule has 2 aromatic heterocycles. The Morgan fingerprint density at radius 2 is 1.93 bits per heavy atom. The van der Waals surface area contributed by atoms with Crippen LogP contribution in [-0.4, -0.2) is 56.3 Å². The Kier molecular flexibility index (Phi) is 4.55. The summed E-state index contributed by atoms with van der Waals surface area (Å²) in [5.74, 6) is 1.68. The molecule has 2 fully saturated rings. The number of piperidine rings is 1. The minimum absolute atomic E-state index is 0.223. The fraction of sp³-hybridized carbons (Fsp3) is 0.700. The van der Waals surface area contributed by atoms with Gasteiger partial charge in [-0.25, -0.2) is 0 Å². The number of fused-ring (bicyclic) bond motifs is 2. The lowest BCUT2D eigenvalue weighted by molar-refractivity contribution is -0.121. The summed E-state index contributed by atoms with van der Waals surface area (Å²) in [5.41, 5.74) is 3.47. The van der Waals surface area contributed by atoms with E-state index in [1.54, 1.807) is 0 Å². The third-order valence-electron chi connectivity index (χ3n) is 6.45. The molecule has 0 radical (unpaired) electrons. The molecule has 1 atom stereocenters. The summed E-state index contributed by atoms with van der Waals surface area (Å²) in [5, 5.41) is 16.9. The van der Waals surface area contributed by atoms with Gasteiger partial charge in [-0.1, -0.05) is 6.42 Å². The van der Waals surface area contributed by atoms with Gasteiger partial charge in [-0.05, 0) is 69.7 Å². The Balaban J connectivity index is 1.24. The minimum Gasteiger partial charge on any atom is -0.352 e. The molecule has 1 N–H and O–H groups in total. The van der Waals surface area contributed by atoms with E-state index in [1.165, 1.54) is 17.7 Å². The molecule has 2 saturated heterocycles. The fourth-order valence-corrected chi connectivity index (χ4v) is 4.92. The zero-order valence-corrected chi connectivity index (χ0v) is 15.9. The highest BCUT2D eigenvalue weighted by molar-refractivity contribution is 5.76. The quantitative estimate of drug-likeness (QED) is 0.895. The molecule has 27 heavy (non-hydrogen) atoms. The summed E-state index contributed by atoms with van der Waals surface area (Å²) >= 11 is 0. The zero-order chi connectivity index (χ0) is 18.2. The third kappa shape index (κ3) is 3.45. The lowest BCUT2D eigenvalue weighted by Gasteiger charge is -2.33. The highest BCUT2D eigenvalue weighted by Crippen LogP contribution is 2.28. The molecular weight excluding hydrogens is 340 g/mol. The Labute approximate surface area is 159 Å². The lowest BCUT2D eigenvalue weighted by Crippen LogP contribution is -2.45. The summed E-state index contributed by atoms with van der Waals surface area (Å²) < 4.78 is 2.00. The molecule has 7 nitrogen and oxygen atoms in total. The van der Waals surface area contributed by atoms with Crippen molar-refractivity contribution in [1.82, 2.24) is 30.0 Å². The normalized spacial score (nSPS) is 24.7. The molecule has 1 amide bonds. The van der Waals surface area contributed by atoms with Crippen LogP contribution in [0.2, 0.25) is 0 Å². The van der Waals surface area contributed by atoms with Gasteiger partial charge in [0.25, 0.3) is 0 Å². The van der Waals surface area contributed by atoms with Crippen molar-refractivity contribution in [2.24, 2.45) is 0 Å². The zero-order valence-electron chi connectivity index (χ0n) is 15.9. The van der Waals surface area contributed by atoms with Gasteiger partial charge < -0.3 is 10.2 Å². The van der Waals surface area contributed by atoms with Gasteiger partial charge in [-0.15, -0.1) is 10.2 Å². The highest BCUT2D eigenvalue weighted by atomic mass is 16.1. The maximum Gasteiger partial charge on any atom is 0.220 e. The smallest absolute Gasteiger partial charge is 0.220 e. The molecule has 144 valence electrons. The number of carbonyl (C=O) groups excluding carboxylic acids is 1. The van der Waals surface area contributed by atoms with Gasteiger partial charge in [0.05, 0.1) is 5.69 Å². The van der Waals surface area contributed by atoms with Crippen molar-refractivity contribution in [1.29, 1.82) is 0 Å². The van der Waals surface area contributed by atoms with Gasteiger partial charge in [-0.3, -0.25) is 4.79 Å². The molecule has 0 spiro atoms. The van der Waals surface area contributed by atoms with E-state index in [9.17, 15) is 4.79 Å². The van der Waals surface area contributed by atoms with Crippen molar-refractivity contribution in [2.45, 2.75) is 69.7 Å². The Morgan fingerprint density at radius 3 is 2.81 bits per heavy atom. The first kappa shape index (κ1) is 17.1. The molecule has 2 aliphatic heterocycles. The number of aromatic nitrogens is 4. The SMILES string of the molecule is O=C1CCCCC(CN2CCC(c3nnc4cc5c(nn34)CCC5)CC2)N1. The van der Waals surface area contributed by atoms with E-state index in [0.717, 1.165) is 76.1 Å². The maximum absolute atomic E-state index is 11.8. The molecule has 0 bridgehead atoms. The maximum atomic E-state index is 11.8. The van der Waals surface area contributed by atoms with E-state index < -0.39 is 0 Å². The molecule has 7 heteroatoms. The van der Waals surface area contributed by atoms with Crippen LogP contribution in [0.4, 0.5) is 0 Å². The molecule has 3 aliphatic rings. The summed E-state index contributed by atoms with van der Waals surface area (Å²) in [6.07, 6.45) is 9.55. The number of amides is 1. The number of nitrogens with one attached hydrogen (secondary N) is 1. The molecule has 0 saturated carbocycles. The molecule has 0 aromatic carbocycles. The second kappa shape index (κ2) is 7.19. The standard InChI is InChI=1S/C20H28N6O/c27-19-7-2-1-5-16(21-19)13-25-10-8-14(9-11-25)20-23-22-18-12-15-4-3-6-17(15)24-26(18)20/h12,14,16H,1-11,13H2,(H,21,27). The molecular formula is C20H28N6O. The number of rotatable bonds is 3. The van der Waals surface area contributed by atoms with Gasteiger partial charge in [0.1, 0.15) is 0 Å². The van der Waals surface area contributed by atoms with Gasteiger partial charge in [0.2, 0.25) is 5.91 Å². The Hall–Kier alpha value is -2.02. The molecule has 1 unspecified atom stereocenters. The van der Waals surface area contributed by atoms with Crippen LogP contribution in [0.1, 0.15) is 67.9 Å². The van der Waals surface area contributed by atoms with Crippen molar-refractivity contribution < 1.29 is 4.79 Å². The van der Waals surface area contributed by atoms with E-state index in [-0.39, 0.29) is 5.91 Å². The predicted octanol–water partition coefficient (Wildman–Crippen LogP) is 1.85. The van der Waals surface area contributed by atoms with Crippen molar-refractivity contribution >= 4 is 11.6 Å². The second-order valence-corrected chi connectivity index (χ2v) is 8.38. The van der Waals surface area contributed by atoms with Gasteiger partial charge >= 0.3 is 0 Å². The number of likely N-dealkylation sites (tertiary alicyclic amines) is 1. The van der Waals surface area contributed by atoms with E-state index in [1.807, 2.05) is 4.52 Å². The summed E-state index contributed by atoms with van der Waals surface area (Å²) in [4.78, 5) is 14.3. The van der Waals surface area contributed by atoms with Crippen molar-refractivity contribution in [3.8, 4) is 0 Å². The lowest BCUT2D eigenvalue weighted by atomic mass is 9.95. The van der Waals surface area contributed by atoms with Gasteiger partial charge in [0.15, 0.2) is 11.5 Å². The topological polar surface area (TPSA) is 75.4 Å². The van der Waals surface area contributed by atoms with Gasteiger partial charge in [-0.2, -0.15) is 9.61 Å². The average molecular weight is 368 g/mol. The molecule has 4 heterocycles. The van der Waals surface area contributed by atoms with Crippen LogP contribution in [0.3, 0.4) is 0 Å². The van der Waals surface area contributed by atoms with Gasteiger partial charge in [0, 0.05) is 24.9 Å². The van der Waals surface area contributed by atoms with E-state index >= 15 is 0 Å². The van der Waals surface area contributed by atoms with Crippen LogP contribution in [0.5, 0.6) is 0 Å². The van der Waals surface area contributed by atoms with Crippen LogP contribution in [0.15, 0.2) is 6.07 Å². The number of carbonyl (C=O) groups is 1. The number of hydrogen-bond acceptors (Lipinski definition) is 5. The van der Waals surface area contributed by atoms with Crippen molar-refractivity contribution in [3.63, 3.8) is 0 Å². The largest absolute Gasteiger partial charge is 0.352 e. The first-order chi connectivity index (χ1) is 13.3. The molecule has 2 aromatic rings. The number of nitrogens with zero attached hydrogens (tertiary/aromatic N) is 5. The van der Waals surface area contributed by atoms with Crippen LogP contribution >= 0.6 is 0 Å². The van der Waals surface area contributed by atoms with Crippen LogP contribution in [0, 0.1) is 0 Å². The number of hydrogen-bond donors (Lipinski definition) is 1. The Bertz CT molecular complexity index is 838. The van der Waals surface area contributed by atoms with Crippen LogP contribution in [-0.2, 0) is 17.6 Å². The summed E-state index contributed by atoms with van der Waals surface area (Å²) in [6, 6.07) is 2.49. The summed E-state index contributed by atoms with van der Waals surface area (Å²) in [7, 11) is 0. The van der Waals surface area contributed by atoms with Crippen molar-refractivity contribution in [2.75, 3.05) is 19.6 Å². The summed E-state index contributed by atoms with van der Waals surface area (Å²) in [6.45, 7) is 3.08. The average Bonchev–Trinajstić information content (AvgIpc) is 3.24.